The maximum atomic E-state index is 14.5. The number of aromatic nitrogens is 3. The van der Waals surface area contributed by atoms with E-state index in [2.05, 4.69) is 38.1 Å². The molecule has 0 unspecified atom stereocenters. The highest BCUT2D eigenvalue weighted by molar-refractivity contribution is 9.10. The van der Waals surface area contributed by atoms with Gasteiger partial charge in [0.05, 0.1) is 6.20 Å². The van der Waals surface area contributed by atoms with Crippen molar-refractivity contribution < 1.29 is 13.9 Å². The Labute approximate surface area is 176 Å². The minimum atomic E-state index is -0.560. The molecule has 7 nitrogen and oxygen atoms in total. The number of hydrogen-bond donors (Lipinski definition) is 2. The van der Waals surface area contributed by atoms with Crippen LogP contribution in [0.5, 0.6) is 0 Å². The zero-order valence-corrected chi connectivity index (χ0v) is 17.7. The Balaban J connectivity index is 1.74. The first-order valence-electron chi connectivity index (χ1n) is 9.43. The van der Waals surface area contributed by atoms with E-state index >= 15 is 0 Å². The first-order valence-corrected chi connectivity index (χ1v) is 10.2. The Morgan fingerprint density at radius 1 is 1.38 bits per heavy atom. The molecule has 2 aromatic heterocycles. The zero-order chi connectivity index (χ0) is 20.8. The van der Waals surface area contributed by atoms with Gasteiger partial charge in [-0.3, -0.25) is 4.40 Å². The molecule has 154 valence electrons. The van der Waals surface area contributed by atoms with Crippen LogP contribution in [0.25, 0.3) is 5.52 Å². The molecule has 0 fully saturated rings. The lowest BCUT2D eigenvalue weighted by Crippen LogP contribution is -2.30. The summed E-state index contributed by atoms with van der Waals surface area (Å²) in [5.74, 6) is -0.110. The minimum Gasteiger partial charge on any atom is -0.445 e. The van der Waals surface area contributed by atoms with Crippen molar-refractivity contribution in [3.63, 3.8) is 0 Å². The molecule has 0 aliphatic heterocycles. The Hall–Kier alpha value is -2.68. The highest BCUT2D eigenvalue weighted by atomic mass is 79.9. The molecular formula is C20H23BrFN5O2. The molecule has 0 radical (unpaired) electrons. The lowest BCUT2D eigenvalue weighted by Gasteiger charge is -2.17. The van der Waals surface area contributed by atoms with Gasteiger partial charge in [-0.1, -0.05) is 50.1 Å². The van der Waals surface area contributed by atoms with Crippen LogP contribution in [-0.4, -0.2) is 27.0 Å². The quantitative estimate of drug-likeness (QED) is 0.515. The average molecular weight is 464 g/mol. The van der Waals surface area contributed by atoms with Gasteiger partial charge in [0.25, 0.3) is 0 Å². The molecule has 0 saturated heterocycles. The summed E-state index contributed by atoms with van der Waals surface area (Å²) in [4.78, 5) is 20.5. The van der Waals surface area contributed by atoms with Crippen molar-refractivity contribution in [1.29, 1.82) is 0 Å². The number of anilines is 1. The van der Waals surface area contributed by atoms with Crippen molar-refractivity contribution >= 4 is 33.4 Å². The first-order chi connectivity index (χ1) is 14.0. The van der Waals surface area contributed by atoms with Crippen LogP contribution in [0.1, 0.15) is 43.5 Å². The van der Waals surface area contributed by atoms with E-state index in [9.17, 15) is 9.18 Å². The molecule has 0 spiro atoms. The number of imidazole rings is 1. The van der Waals surface area contributed by atoms with Gasteiger partial charge >= 0.3 is 6.09 Å². The topological polar surface area (TPSA) is 94.5 Å². The van der Waals surface area contributed by atoms with Crippen LogP contribution in [0.3, 0.4) is 0 Å². The van der Waals surface area contributed by atoms with Crippen LogP contribution in [0.15, 0.2) is 41.1 Å². The van der Waals surface area contributed by atoms with Gasteiger partial charge in [-0.05, 0) is 27.9 Å². The number of hydrogen-bond acceptors (Lipinski definition) is 5. The van der Waals surface area contributed by atoms with E-state index in [0.717, 1.165) is 31.0 Å². The Bertz CT molecular complexity index is 980. The second-order valence-corrected chi connectivity index (χ2v) is 7.44. The highest BCUT2D eigenvalue weighted by Crippen LogP contribution is 2.30. The van der Waals surface area contributed by atoms with Crippen LogP contribution >= 0.6 is 15.9 Å². The van der Waals surface area contributed by atoms with Crippen LogP contribution in [0.2, 0.25) is 0 Å². The van der Waals surface area contributed by atoms with E-state index in [1.165, 1.54) is 4.40 Å². The molecule has 3 N–H and O–H groups in total. The van der Waals surface area contributed by atoms with Crippen LogP contribution in [0, 0.1) is 5.95 Å². The molecule has 9 heteroatoms. The van der Waals surface area contributed by atoms with E-state index in [1.54, 1.807) is 0 Å². The Kier molecular flexibility index (Phi) is 7.03. The molecule has 1 atom stereocenters. The molecule has 0 aliphatic rings. The summed E-state index contributed by atoms with van der Waals surface area (Å²) in [6.07, 6.45) is 3.13. The molecular weight excluding hydrogens is 441 g/mol. The summed E-state index contributed by atoms with van der Waals surface area (Å²) >= 11 is 3.34. The summed E-state index contributed by atoms with van der Waals surface area (Å²) in [7, 11) is 0. The van der Waals surface area contributed by atoms with Gasteiger partial charge in [0.15, 0.2) is 5.82 Å². The number of carbonyl (C=O) groups is 1. The number of fused-ring (bicyclic) bond motifs is 1. The molecule has 29 heavy (non-hydrogen) atoms. The highest BCUT2D eigenvalue weighted by Gasteiger charge is 2.23. The number of nitrogens with two attached hydrogens (primary N) is 1. The Morgan fingerprint density at radius 2 is 2.14 bits per heavy atom. The van der Waals surface area contributed by atoms with Crippen LogP contribution in [-0.2, 0) is 11.3 Å². The van der Waals surface area contributed by atoms with Crippen molar-refractivity contribution in [2.24, 2.45) is 0 Å². The van der Waals surface area contributed by atoms with Crippen LogP contribution < -0.4 is 11.1 Å². The normalized spacial score (nSPS) is 12.1. The Morgan fingerprint density at radius 3 is 2.86 bits per heavy atom. The zero-order valence-electron chi connectivity index (χ0n) is 16.1. The number of nitrogens with one attached hydrogen (secondary N) is 1. The molecule has 2 heterocycles. The standard InChI is InChI=1S/C20H23BrFN5O2/c1-2-3-9-14(10-25-20(28)29-12-13-7-5-4-6-8-13)19-26-17(21)16-18(23)24-11-15(22)27(16)19/h4-8,11,14H,2-3,9-10,12H2,1H3,(H2,23,24)(H,25,28)/t14-/m1/s1. The van der Waals surface area contributed by atoms with Gasteiger partial charge in [-0.25, -0.2) is 14.8 Å². The monoisotopic (exact) mass is 463 g/mol. The lowest BCUT2D eigenvalue weighted by atomic mass is 10.0. The van der Waals surface area contributed by atoms with E-state index in [1.807, 2.05) is 30.3 Å². The molecule has 3 aromatic rings. The fourth-order valence-electron chi connectivity index (χ4n) is 3.12. The smallest absolute Gasteiger partial charge is 0.407 e. The predicted molar refractivity (Wildman–Crippen MR) is 112 cm³/mol. The van der Waals surface area contributed by atoms with Gasteiger partial charge in [0.1, 0.15) is 22.6 Å². The van der Waals surface area contributed by atoms with Gasteiger partial charge < -0.3 is 15.8 Å². The largest absolute Gasteiger partial charge is 0.445 e. The summed E-state index contributed by atoms with van der Waals surface area (Å²) < 4.78 is 21.5. The predicted octanol–water partition coefficient (Wildman–Crippen LogP) is 4.41. The van der Waals surface area contributed by atoms with Crippen molar-refractivity contribution in [2.45, 2.75) is 38.7 Å². The van der Waals surface area contributed by atoms with E-state index in [4.69, 9.17) is 10.5 Å². The van der Waals surface area contributed by atoms with Gasteiger partial charge in [0, 0.05) is 12.5 Å². The van der Waals surface area contributed by atoms with Crippen molar-refractivity contribution in [3.05, 3.63) is 58.5 Å². The van der Waals surface area contributed by atoms with Crippen molar-refractivity contribution in [3.8, 4) is 0 Å². The number of benzene rings is 1. The molecule has 0 aliphatic carbocycles. The fourth-order valence-corrected chi connectivity index (χ4v) is 3.68. The number of unbranched alkanes of at least 4 members (excludes halogenated alkanes) is 1. The number of nitrogens with zero attached hydrogens (tertiary/aromatic N) is 3. The number of amides is 1. The third kappa shape index (κ3) is 5.03. The first kappa shape index (κ1) is 21.0. The minimum absolute atomic E-state index is 0.182. The second-order valence-electron chi connectivity index (χ2n) is 6.69. The summed E-state index contributed by atoms with van der Waals surface area (Å²) in [5.41, 5.74) is 7.18. The molecule has 0 bridgehead atoms. The molecule has 1 aromatic carbocycles. The van der Waals surface area contributed by atoms with Crippen molar-refractivity contribution in [1.82, 2.24) is 19.7 Å². The summed E-state index contributed by atoms with van der Waals surface area (Å²) in [6, 6.07) is 9.43. The van der Waals surface area contributed by atoms with Crippen LogP contribution in [0.4, 0.5) is 15.0 Å². The number of nitrogen functional groups attached to an aromatic ring is 1. The summed E-state index contributed by atoms with van der Waals surface area (Å²) in [6.45, 7) is 2.52. The van der Waals surface area contributed by atoms with E-state index in [0.29, 0.717) is 15.9 Å². The number of ether oxygens (including phenoxy) is 1. The SMILES string of the molecule is CCCC[C@H](CNC(=O)OCc1ccccc1)c1nc(Br)c2c(N)ncc(F)n12. The lowest BCUT2D eigenvalue weighted by molar-refractivity contribution is 0.139. The molecule has 0 saturated carbocycles. The number of carbonyl (C=O) groups excluding carboxylic acids is 1. The third-order valence-corrected chi connectivity index (χ3v) is 5.16. The summed E-state index contributed by atoms with van der Waals surface area (Å²) in [5, 5.41) is 2.77. The van der Waals surface area contributed by atoms with E-state index < -0.39 is 12.0 Å². The van der Waals surface area contributed by atoms with Gasteiger partial charge in [0.2, 0.25) is 5.95 Å². The average Bonchev–Trinajstić information content (AvgIpc) is 3.08. The van der Waals surface area contributed by atoms with E-state index in [-0.39, 0.29) is 24.9 Å². The number of alkyl carbamates (subject to hydrolysis) is 1. The number of halogens is 2. The maximum absolute atomic E-state index is 14.5. The van der Waals surface area contributed by atoms with Gasteiger partial charge in [-0.2, -0.15) is 4.39 Å². The maximum Gasteiger partial charge on any atom is 0.407 e. The second kappa shape index (κ2) is 9.69. The fraction of sp³-hybridized carbons (Fsp3) is 0.350. The number of rotatable bonds is 8. The third-order valence-electron chi connectivity index (χ3n) is 4.60. The van der Waals surface area contributed by atoms with Gasteiger partial charge in [-0.15, -0.1) is 0 Å². The molecule has 3 rings (SSSR count). The van der Waals surface area contributed by atoms with Crippen molar-refractivity contribution in [2.75, 3.05) is 12.3 Å². The molecule has 1 amide bonds.